The first-order valence-electron chi connectivity index (χ1n) is 7.66. The number of benzene rings is 1. The Morgan fingerprint density at radius 1 is 1.24 bits per heavy atom. The zero-order chi connectivity index (χ0) is 14.5. The highest BCUT2D eigenvalue weighted by atomic mass is 32.1. The monoisotopic (exact) mass is 301 g/mol. The summed E-state index contributed by atoms with van der Waals surface area (Å²) in [5, 5.41) is 10.4. The molecule has 0 unspecified atom stereocenters. The van der Waals surface area contributed by atoms with E-state index in [1.54, 1.807) is 11.3 Å². The van der Waals surface area contributed by atoms with E-state index in [4.69, 9.17) is 0 Å². The number of piperidine rings is 1. The average molecular weight is 301 g/mol. The highest BCUT2D eigenvalue weighted by Gasteiger charge is 2.33. The Labute approximate surface area is 130 Å². The maximum atomic E-state index is 4.53. The van der Waals surface area contributed by atoms with Crippen LogP contribution in [0.4, 0.5) is 0 Å². The van der Waals surface area contributed by atoms with Gasteiger partial charge in [-0.05, 0) is 38.4 Å². The van der Waals surface area contributed by atoms with E-state index in [9.17, 15) is 0 Å². The van der Waals surface area contributed by atoms with Gasteiger partial charge in [-0.2, -0.15) is 0 Å². The Kier molecular flexibility index (Phi) is 4.68. The van der Waals surface area contributed by atoms with Crippen molar-refractivity contribution >= 4 is 11.3 Å². The number of aromatic nitrogens is 1. The van der Waals surface area contributed by atoms with E-state index in [1.807, 2.05) is 0 Å². The summed E-state index contributed by atoms with van der Waals surface area (Å²) < 4.78 is 0. The Hall–Kier alpha value is -1.23. The molecule has 1 aromatic heterocycles. The summed E-state index contributed by atoms with van der Waals surface area (Å²) in [7, 11) is 0. The van der Waals surface area contributed by atoms with Crippen LogP contribution in [0.3, 0.4) is 0 Å². The fourth-order valence-corrected chi connectivity index (χ4v) is 3.90. The van der Waals surface area contributed by atoms with E-state index >= 15 is 0 Å². The molecular weight excluding hydrogens is 278 g/mol. The topological polar surface area (TPSA) is 37.0 Å². The van der Waals surface area contributed by atoms with Gasteiger partial charge in [-0.15, -0.1) is 11.3 Å². The molecule has 1 fully saturated rings. The minimum absolute atomic E-state index is 0.263. The van der Waals surface area contributed by atoms with Gasteiger partial charge in [-0.1, -0.05) is 30.3 Å². The van der Waals surface area contributed by atoms with Gasteiger partial charge in [0.2, 0.25) is 0 Å². The summed E-state index contributed by atoms with van der Waals surface area (Å²) in [6.07, 6.45) is 2.39. The predicted molar refractivity (Wildman–Crippen MR) is 88.8 cm³/mol. The first-order chi connectivity index (χ1) is 10.3. The first kappa shape index (κ1) is 14.7. The van der Waals surface area contributed by atoms with Crippen LogP contribution in [0, 0.1) is 6.92 Å². The smallest absolute Gasteiger partial charge is 0.107 e. The van der Waals surface area contributed by atoms with Crippen molar-refractivity contribution < 1.29 is 0 Å². The quantitative estimate of drug-likeness (QED) is 0.891. The summed E-state index contributed by atoms with van der Waals surface area (Å²) in [4.78, 5) is 4.53. The molecule has 0 saturated carbocycles. The second-order valence-electron chi connectivity index (χ2n) is 5.88. The van der Waals surface area contributed by atoms with Crippen LogP contribution in [0.15, 0.2) is 35.7 Å². The standard InChI is InChI=1S/C17H23N3S/c1-14-12-21-16(20-14)11-19-13-17(7-9-18-10-8-17)15-5-3-2-4-6-15/h2-6,12,18-19H,7-11,13H2,1H3. The molecule has 2 heterocycles. The number of hydrogen-bond donors (Lipinski definition) is 2. The van der Waals surface area contributed by atoms with Gasteiger partial charge in [0.05, 0.1) is 0 Å². The van der Waals surface area contributed by atoms with Crippen LogP contribution >= 0.6 is 11.3 Å². The Balaban J connectivity index is 1.68. The van der Waals surface area contributed by atoms with Crippen LogP contribution in [0.1, 0.15) is 29.1 Å². The molecule has 3 nitrogen and oxygen atoms in total. The molecule has 0 atom stereocenters. The van der Waals surface area contributed by atoms with Gasteiger partial charge in [0, 0.05) is 29.6 Å². The minimum Gasteiger partial charge on any atom is -0.317 e. The minimum atomic E-state index is 0.263. The van der Waals surface area contributed by atoms with Crippen molar-refractivity contribution in [2.45, 2.75) is 31.7 Å². The SMILES string of the molecule is Cc1csc(CNCC2(c3ccccc3)CCNCC2)n1. The van der Waals surface area contributed by atoms with E-state index in [2.05, 4.69) is 58.3 Å². The van der Waals surface area contributed by atoms with E-state index in [1.165, 1.54) is 23.4 Å². The number of rotatable bonds is 5. The summed E-state index contributed by atoms with van der Waals surface area (Å²) in [5.74, 6) is 0. The van der Waals surface area contributed by atoms with E-state index < -0.39 is 0 Å². The second kappa shape index (κ2) is 6.69. The molecule has 2 aromatic rings. The molecule has 0 amide bonds. The van der Waals surface area contributed by atoms with Crippen LogP contribution < -0.4 is 10.6 Å². The second-order valence-corrected chi connectivity index (χ2v) is 6.83. The summed E-state index contributed by atoms with van der Waals surface area (Å²) >= 11 is 1.74. The number of hydrogen-bond acceptors (Lipinski definition) is 4. The Bertz CT molecular complexity index is 558. The van der Waals surface area contributed by atoms with Crippen LogP contribution in [-0.2, 0) is 12.0 Å². The fraction of sp³-hybridized carbons (Fsp3) is 0.471. The zero-order valence-corrected chi connectivity index (χ0v) is 13.4. The van der Waals surface area contributed by atoms with Gasteiger partial charge in [-0.25, -0.2) is 4.98 Å². The third-order valence-electron chi connectivity index (χ3n) is 4.35. The molecule has 112 valence electrons. The van der Waals surface area contributed by atoms with Crippen LogP contribution in [0.5, 0.6) is 0 Å². The van der Waals surface area contributed by atoms with Crippen LogP contribution in [0.25, 0.3) is 0 Å². The third-order valence-corrected chi connectivity index (χ3v) is 5.32. The number of thiazole rings is 1. The maximum absolute atomic E-state index is 4.53. The molecule has 0 aliphatic carbocycles. The average Bonchev–Trinajstić information content (AvgIpc) is 2.95. The molecule has 0 spiro atoms. The summed E-state index contributed by atoms with van der Waals surface area (Å²) in [6.45, 7) is 6.16. The molecule has 0 radical (unpaired) electrons. The van der Waals surface area contributed by atoms with Gasteiger partial charge in [0.15, 0.2) is 0 Å². The largest absolute Gasteiger partial charge is 0.317 e. The van der Waals surface area contributed by atoms with E-state index in [0.29, 0.717) is 0 Å². The molecule has 21 heavy (non-hydrogen) atoms. The van der Waals surface area contributed by atoms with Gasteiger partial charge < -0.3 is 10.6 Å². The maximum Gasteiger partial charge on any atom is 0.107 e. The predicted octanol–water partition coefficient (Wildman–Crippen LogP) is 2.86. The van der Waals surface area contributed by atoms with Crippen molar-refractivity contribution in [3.8, 4) is 0 Å². The van der Waals surface area contributed by atoms with Gasteiger partial charge in [-0.3, -0.25) is 0 Å². The molecule has 1 aromatic carbocycles. The molecule has 1 saturated heterocycles. The molecule has 2 N–H and O–H groups in total. The van der Waals surface area contributed by atoms with E-state index in [0.717, 1.165) is 31.9 Å². The normalized spacial score (nSPS) is 17.8. The van der Waals surface area contributed by atoms with Crippen molar-refractivity contribution in [2.24, 2.45) is 0 Å². The van der Waals surface area contributed by atoms with Crippen molar-refractivity contribution in [2.75, 3.05) is 19.6 Å². The molecule has 1 aliphatic rings. The molecule has 0 bridgehead atoms. The molecule has 4 heteroatoms. The van der Waals surface area contributed by atoms with Crippen molar-refractivity contribution in [3.05, 3.63) is 52.0 Å². The molecular formula is C17H23N3S. The Morgan fingerprint density at radius 2 is 2.00 bits per heavy atom. The summed E-state index contributed by atoms with van der Waals surface area (Å²) in [6, 6.07) is 11.0. The molecule has 1 aliphatic heterocycles. The van der Waals surface area contributed by atoms with Crippen molar-refractivity contribution in [3.63, 3.8) is 0 Å². The van der Waals surface area contributed by atoms with Crippen LogP contribution in [0.2, 0.25) is 0 Å². The molecule has 3 rings (SSSR count). The zero-order valence-electron chi connectivity index (χ0n) is 12.6. The highest BCUT2D eigenvalue weighted by molar-refractivity contribution is 7.09. The van der Waals surface area contributed by atoms with Crippen molar-refractivity contribution in [1.82, 2.24) is 15.6 Å². The number of nitrogens with one attached hydrogen (secondary N) is 2. The summed E-state index contributed by atoms with van der Waals surface area (Å²) in [5.41, 5.74) is 2.85. The number of nitrogens with zero attached hydrogens (tertiary/aromatic N) is 1. The lowest BCUT2D eigenvalue weighted by atomic mass is 9.73. The van der Waals surface area contributed by atoms with Crippen LogP contribution in [-0.4, -0.2) is 24.6 Å². The number of aryl methyl sites for hydroxylation is 1. The third kappa shape index (κ3) is 3.51. The van der Waals surface area contributed by atoms with Gasteiger partial charge in [0.25, 0.3) is 0 Å². The lowest BCUT2D eigenvalue weighted by molar-refractivity contribution is 0.293. The van der Waals surface area contributed by atoms with E-state index in [-0.39, 0.29) is 5.41 Å². The first-order valence-corrected chi connectivity index (χ1v) is 8.54. The Morgan fingerprint density at radius 3 is 2.67 bits per heavy atom. The fourth-order valence-electron chi connectivity index (χ4n) is 3.16. The lowest BCUT2D eigenvalue weighted by Crippen LogP contribution is -2.46. The lowest BCUT2D eigenvalue weighted by Gasteiger charge is -2.38. The van der Waals surface area contributed by atoms with Gasteiger partial charge in [0.1, 0.15) is 5.01 Å². The van der Waals surface area contributed by atoms with Gasteiger partial charge >= 0.3 is 0 Å². The van der Waals surface area contributed by atoms with Crippen molar-refractivity contribution in [1.29, 1.82) is 0 Å². The highest BCUT2D eigenvalue weighted by Crippen LogP contribution is 2.32.